The predicted molar refractivity (Wildman–Crippen MR) is 85.3 cm³/mol. The van der Waals surface area contributed by atoms with Crippen LogP contribution >= 0.6 is 11.6 Å². The molecule has 1 fully saturated rings. The van der Waals surface area contributed by atoms with Gasteiger partial charge in [-0.15, -0.1) is 0 Å². The average Bonchev–Trinajstić information content (AvgIpc) is 2.46. The summed E-state index contributed by atoms with van der Waals surface area (Å²) < 4.78 is 0. The second-order valence-electron chi connectivity index (χ2n) is 5.58. The van der Waals surface area contributed by atoms with Gasteiger partial charge in [-0.2, -0.15) is 0 Å². The largest absolute Gasteiger partial charge is 0.351 e. The minimum Gasteiger partial charge on any atom is -0.351 e. The number of halogens is 1. The first-order valence-corrected chi connectivity index (χ1v) is 7.67. The van der Waals surface area contributed by atoms with Crippen molar-refractivity contribution in [2.24, 2.45) is 0 Å². The van der Waals surface area contributed by atoms with Gasteiger partial charge in [0.1, 0.15) is 0 Å². The molecule has 108 valence electrons. The van der Waals surface area contributed by atoms with Crippen LogP contribution < -0.4 is 5.32 Å². The van der Waals surface area contributed by atoms with Gasteiger partial charge in [0.15, 0.2) is 0 Å². The Morgan fingerprint density at radius 1 is 1.05 bits per heavy atom. The summed E-state index contributed by atoms with van der Waals surface area (Å²) in [4.78, 5) is 12.7. The molecule has 0 saturated heterocycles. The van der Waals surface area contributed by atoms with E-state index in [0.717, 1.165) is 30.4 Å². The van der Waals surface area contributed by atoms with Crippen molar-refractivity contribution >= 4 is 17.5 Å². The third kappa shape index (κ3) is 2.68. The van der Waals surface area contributed by atoms with E-state index in [9.17, 15) is 4.79 Å². The van der Waals surface area contributed by atoms with Gasteiger partial charge in [-0.05, 0) is 30.0 Å². The summed E-state index contributed by atoms with van der Waals surface area (Å²) in [7, 11) is 0. The van der Waals surface area contributed by atoms with Gasteiger partial charge < -0.3 is 5.32 Å². The summed E-state index contributed by atoms with van der Waals surface area (Å²) in [5.41, 5.74) is 1.73. The van der Waals surface area contributed by atoms with Gasteiger partial charge in [0.25, 0.3) is 0 Å². The zero-order valence-corrected chi connectivity index (χ0v) is 12.6. The number of carbonyl (C=O) groups excluding carboxylic acids is 1. The van der Waals surface area contributed by atoms with Crippen LogP contribution in [0.25, 0.3) is 0 Å². The van der Waals surface area contributed by atoms with Crippen LogP contribution in [0.4, 0.5) is 0 Å². The maximum Gasteiger partial charge on any atom is 0.230 e. The van der Waals surface area contributed by atoms with Crippen molar-refractivity contribution in [1.29, 1.82) is 0 Å². The topological polar surface area (TPSA) is 29.1 Å². The number of amides is 1. The Kier molecular flexibility index (Phi) is 3.98. The standard InChI is InChI=1S/C18H18ClNO/c19-16-10-5-4-7-14(16)13-20-17(21)18(11-6-12-18)15-8-2-1-3-9-15/h1-5,7-10H,6,11-13H2,(H,20,21). The molecule has 0 heterocycles. The van der Waals surface area contributed by atoms with Gasteiger partial charge in [0.05, 0.1) is 5.41 Å². The van der Waals surface area contributed by atoms with Crippen LogP contribution in [0.2, 0.25) is 5.02 Å². The van der Waals surface area contributed by atoms with Crippen molar-refractivity contribution in [1.82, 2.24) is 5.32 Å². The Bertz CT molecular complexity index is 635. The SMILES string of the molecule is O=C(NCc1ccccc1Cl)C1(c2ccccc2)CCC1. The first-order chi connectivity index (χ1) is 10.2. The average molecular weight is 300 g/mol. The van der Waals surface area contributed by atoms with E-state index in [2.05, 4.69) is 5.32 Å². The molecule has 0 atom stereocenters. The Labute approximate surface area is 130 Å². The van der Waals surface area contributed by atoms with Crippen molar-refractivity contribution in [3.63, 3.8) is 0 Å². The maximum absolute atomic E-state index is 12.7. The van der Waals surface area contributed by atoms with Crippen molar-refractivity contribution in [3.05, 3.63) is 70.7 Å². The molecular weight excluding hydrogens is 282 g/mol. The maximum atomic E-state index is 12.7. The number of hydrogen-bond donors (Lipinski definition) is 1. The normalized spacial score (nSPS) is 16.0. The number of carbonyl (C=O) groups is 1. The van der Waals surface area contributed by atoms with Gasteiger partial charge >= 0.3 is 0 Å². The predicted octanol–water partition coefficient (Wildman–Crippen LogP) is 4.08. The lowest BCUT2D eigenvalue weighted by atomic mass is 9.64. The number of benzene rings is 2. The van der Waals surface area contributed by atoms with E-state index in [-0.39, 0.29) is 11.3 Å². The van der Waals surface area contributed by atoms with Crippen LogP contribution in [0, 0.1) is 0 Å². The van der Waals surface area contributed by atoms with Crippen molar-refractivity contribution in [3.8, 4) is 0 Å². The highest BCUT2D eigenvalue weighted by Gasteiger charge is 2.45. The summed E-state index contributed by atoms with van der Waals surface area (Å²) >= 11 is 6.14. The zero-order valence-electron chi connectivity index (χ0n) is 11.8. The van der Waals surface area contributed by atoms with Crippen LogP contribution in [0.3, 0.4) is 0 Å². The molecule has 3 heteroatoms. The molecule has 1 N–H and O–H groups in total. The molecule has 1 aliphatic rings. The molecule has 2 aromatic carbocycles. The quantitative estimate of drug-likeness (QED) is 0.905. The number of nitrogens with one attached hydrogen (secondary N) is 1. The number of rotatable bonds is 4. The van der Waals surface area contributed by atoms with Crippen molar-refractivity contribution in [2.75, 3.05) is 0 Å². The molecule has 2 aromatic rings. The smallest absolute Gasteiger partial charge is 0.230 e. The van der Waals surface area contributed by atoms with E-state index in [0.29, 0.717) is 11.6 Å². The lowest BCUT2D eigenvalue weighted by Crippen LogP contribution is -2.48. The molecular formula is C18H18ClNO. The van der Waals surface area contributed by atoms with Gasteiger partial charge in [-0.3, -0.25) is 4.79 Å². The molecule has 3 rings (SSSR count). The van der Waals surface area contributed by atoms with Crippen LogP contribution in [0.1, 0.15) is 30.4 Å². The highest BCUT2D eigenvalue weighted by molar-refractivity contribution is 6.31. The molecule has 21 heavy (non-hydrogen) atoms. The Morgan fingerprint density at radius 2 is 1.71 bits per heavy atom. The molecule has 0 unspecified atom stereocenters. The van der Waals surface area contributed by atoms with Gasteiger partial charge in [-0.1, -0.05) is 66.6 Å². The van der Waals surface area contributed by atoms with E-state index < -0.39 is 0 Å². The second kappa shape index (κ2) is 5.90. The van der Waals surface area contributed by atoms with Gasteiger partial charge in [0, 0.05) is 11.6 Å². The molecule has 1 saturated carbocycles. The minimum absolute atomic E-state index is 0.111. The fourth-order valence-corrected chi connectivity index (χ4v) is 3.12. The van der Waals surface area contributed by atoms with Gasteiger partial charge in [0.2, 0.25) is 5.91 Å². The molecule has 0 aromatic heterocycles. The van der Waals surface area contributed by atoms with Crippen LogP contribution in [0.5, 0.6) is 0 Å². The summed E-state index contributed by atoms with van der Waals surface area (Å²) in [5, 5.41) is 3.75. The lowest BCUT2D eigenvalue weighted by molar-refractivity contribution is -0.130. The molecule has 0 bridgehead atoms. The van der Waals surface area contributed by atoms with Crippen LogP contribution in [0.15, 0.2) is 54.6 Å². The third-order valence-electron chi connectivity index (χ3n) is 4.37. The first kappa shape index (κ1) is 14.2. The zero-order chi connectivity index (χ0) is 14.7. The summed E-state index contributed by atoms with van der Waals surface area (Å²) in [6, 6.07) is 17.7. The monoisotopic (exact) mass is 299 g/mol. The molecule has 0 aliphatic heterocycles. The fourth-order valence-electron chi connectivity index (χ4n) is 2.92. The molecule has 0 radical (unpaired) electrons. The van der Waals surface area contributed by atoms with E-state index in [1.165, 1.54) is 0 Å². The summed E-state index contributed by atoms with van der Waals surface area (Å²) in [6.07, 6.45) is 2.95. The Morgan fingerprint density at radius 3 is 2.33 bits per heavy atom. The molecule has 1 amide bonds. The summed E-state index contributed by atoms with van der Waals surface area (Å²) in [6.45, 7) is 0.479. The molecule has 1 aliphatic carbocycles. The van der Waals surface area contributed by atoms with E-state index in [1.54, 1.807) is 0 Å². The molecule has 0 spiro atoms. The highest BCUT2D eigenvalue weighted by Crippen LogP contribution is 2.43. The Balaban J connectivity index is 1.74. The van der Waals surface area contributed by atoms with Crippen molar-refractivity contribution < 1.29 is 4.79 Å². The van der Waals surface area contributed by atoms with Crippen LogP contribution in [-0.4, -0.2) is 5.91 Å². The fraction of sp³-hybridized carbons (Fsp3) is 0.278. The Hall–Kier alpha value is -1.80. The van der Waals surface area contributed by atoms with E-state index >= 15 is 0 Å². The van der Waals surface area contributed by atoms with E-state index in [1.807, 2.05) is 54.6 Å². The minimum atomic E-state index is -0.345. The number of hydrogen-bond acceptors (Lipinski definition) is 1. The summed E-state index contributed by atoms with van der Waals surface area (Å²) in [5.74, 6) is 0.111. The molecule has 2 nitrogen and oxygen atoms in total. The van der Waals surface area contributed by atoms with Gasteiger partial charge in [-0.25, -0.2) is 0 Å². The third-order valence-corrected chi connectivity index (χ3v) is 4.73. The van der Waals surface area contributed by atoms with Crippen LogP contribution in [-0.2, 0) is 16.8 Å². The highest BCUT2D eigenvalue weighted by atomic mass is 35.5. The van der Waals surface area contributed by atoms with Crippen molar-refractivity contribution in [2.45, 2.75) is 31.2 Å². The van der Waals surface area contributed by atoms with E-state index in [4.69, 9.17) is 11.6 Å². The second-order valence-corrected chi connectivity index (χ2v) is 5.98. The lowest BCUT2D eigenvalue weighted by Gasteiger charge is -2.40. The first-order valence-electron chi connectivity index (χ1n) is 7.30.